The Morgan fingerprint density at radius 3 is 2.28 bits per heavy atom. The zero-order chi connectivity index (χ0) is 28.4. The predicted molar refractivity (Wildman–Crippen MR) is 145 cm³/mol. The highest BCUT2D eigenvalue weighted by molar-refractivity contribution is 7.89. The van der Waals surface area contributed by atoms with Gasteiger partial charge in [0.25, 0.3) is 0 Å². The van der Waals surface area contributed by atoms with Gasteiger partial charge < -0.3 is 5.11 Å². The molecular formula is C29H30F3N3O3S. The highest BCUT2D eigenvalue weighted by Gasteiger charge is 2.35. The number of hydrogen-bond donors (Lipinski definition) is 2. The van der Waals surface area contributed by atoms with Gasteiger partial charge in [0.15, 0.2) is 0 Å². The maximum Gasteiger partial charge on any atom is 0.417 e. The van der Waals surface area contributed by atoms with Gasteiger partial charge in [0.05, 0.1) is 16.2 Å². The van der Waals surface area contributed by atoms with E-state index in [0.29, 0.717) is 17.8 Å². The lowest BCUT2D eigenvalue weighted by molar-refractivity contribution is -0.137. The molecule has 39 heavy (non-hydrogen) atoms. The van der Waals surface area contributed by atoms with Crippen molar-refractivity contribution in [1.29, 1.82) is 0 Å². The Morgan fingerprint density at radius 1 is 0.949 bits per heavy atom. The number of aliphatic hydroxyl groups is 1. The second-order valence-corrected chi connectivity index (χ2v) is 11.5. The van der Waals surface area contributed by atoms with Crippen LogP contribution in [0, 0.1) is 0 Å². The summed E-state index contributed by atoms with van der Waals surface area (Å²) in [6, 6.07) is 18.7. The third-order valence-electron chi connectivity index (χ3n) is 6.25. The molecule has 0 spiro atoms. The molecule has 0 aliphatic rings. The van der Waals surface area contributed by atoms with Crippen molar-refractivity contribution in [3.8, 4) is 28.2 Å². The Balaban J connectivity index is 1.74. The van der Waals surface area contributed by atoms with E-state index in [1.54, 1.807) is 42.5 Å². The minimum Gasteiger partial charge on any atom is -0.384 e. The fraction of sp³-hybridized carbons (Fsp3) is 0.276. The van der Waals surface area contributed by atoms with E-state index in [2.05, 4.69) is 9.71 Å². The van der Waals surface area contributed by atoms with E-state index in [4.69, 9.17) is 0 Å². The van der Waals surface area contributed by atoms with E-state index in [0.717, 1.165) is 24.5 Å². The van der Waals surface area contributed by atoms with Gasteiger partial charge in [0, 0.05) is 24.0 Å². The van der Waals surface area contributed by atoms with Crippen LogP contribution in [-0.4, -0.2) is 29.6 Å². The second-order valence-electron chi connectivity index (χ2n) is 9.75. The number of hydrogen-bond acceptors (Lipinski definition) is 4. The number of unbranched alkanes of at least 4 members (excludes halogenated alkanes) is 1. The topological polar surface area (TPSA) is 84.2 Å². The van der Waals surface area contributed by atoms with Crippen molar-refractivity contribution in [2.45, 2.75) is 50.3 Å². The standard InChI is InChI=1S/C29H30F3N3O3S/c1-4-5-17-33-39(37,38)23-10-8-9-21(18-23)20-13-15-22(16-14-20)35-19-26(28(2,3)36)34-27(35)24-11-6-7-12-25(24)29(30,31)32/h6-16,18-19,33,36H,4-5,17H2,1-3H3. The third kappa shape index (κ3) is 6.41. The number of sulfonamides is 1. The average molecular weight is 558 g/mol. The molecule has 0 saturated heterocycles. The van der Waals surface area contributed by atoms with Crippen LogP contribution in [0.3, 0.4) is 0 Å². The molecule has 6 nitrogen and oxygen atoms in total. The zero-order valence-corrected chi connectivity index (χ0v) is 22.6. The summed E-state index contributed by atoms with van der Waals surface area (Å²) in [4.78, 5) is 4.54. The van der Waals surface area contributed by atoms with Crippen LogP contribution in [0.1, 0.15) is 44.9 Å². The SMILES string of the molecule is CCCCNS(=O)(=O)c1cccc(-c2ccc(-n3cc(C(C)(C)O)nc3-c3ccccc3C(F)(F)F)cc2)c1. The molecule has 10 heteroatoms. The summed E-state index contributed by atoms with van der Waals surface area (Å²) in [7, 11) is -3.66. The molecule has 0 atom stereocenters. The number of alkyl halides is 3. The lowest BCUT2D eigenvalue weighted by atomic mass is 10.0. The van der Waals surface area contributed by atoms with E-state index in [1.165, 1.54) is 48.9 Å². The molecule has 0 amide bonds. The average Bonchev–Trinajstić information content (AvgIpc) is 3.35. The van der Waals surface area contributed by atoms with Gasteiger partial charge in [-0.15, -0.1) is 0 Å². The van der Waals surface area contributed by atoms with Gasteiger partial charge in [-0.05, 0) is 61.7 Å². The number of nitrogens with one attached hydrogen (secondary N) is 1. The van der Waals surface area contributed by atoms with Crippen LogP contribution in [0.5, 0.6) is 0 Å². The summed E-state index contributed by atoms with van der Waals surface area (Å²) in [6.07, 6.45) is -1.47. The van der Waals surface area contributed by atoms with E-state index in [1.807, 2.05) is 6.92 Å². The number of benzene rings is 3. The van der Waals surface area contributed by atoms with Crippen LogP contribution >= 0.6 is 0 Å². The second kappa shape index (κ2) is 11.0. The number of nitrogens with zero attached hydrogens (tertiary/aromatic N) is 2. The van der Waals surface area contributed by atoms with Gasteiger partial charge >= 0.3 is 6.18 Å². The molecule has 0 bridgehead atoms. The van der Waals surface area contributed by atoms with E-state index in [-0.39, 0.29) is 22.0 Å². The maximum atomic E-state index is 13.8. The van der Waals surface area contributed by atoms with Gasteiger partial charge in [0.2, 0.25) is 10.0 Å². The largest absolute Gasteiger partial charge is 0.417 e. The maximum absolute atomic E-state index is 13.8. The van der Waals surface area contributed by atoms with E-state index >= 15 is 0 Å². The first kappa shape index (κ1) is 28.5. The lowest BCUT2D eigenvalue weighted by Crippen LogP contribution is -2.24. The van der Waals surface area contributed by atoms with Crippen LogP contribution in [0.4, 0.5) is 13.2 Å². The summed E-state index contributed by atoms with van der Waals surface area (Å²) in [6.45, 7) is 5.36. The highest BCUT2D eigenvalue weighted by Crippen LogP contribution is 2.38. The van der Waals surface area contributed by atoms with Crippen molar-refractivity contribution in [3.63, 3.8) is 0 Å². The number of aromatic nitrogens is 2. The highest BCUT2D eigenvalue weighted by atomic mass is 32.2. The van der Waals surface area contributed by atoms with Crippen LogP contribution in [-0.2, 0) is 21.8 Å². The van der Waals surface area contributed by atoms with Gasteiger partial charge in [0.1, 0.15) is 11.4 Å². The Bertz CT molecular complexity index is 1560. The molecule has 1 aromatic heterocycles. The molecular weight excluding hydrogens is 527 g/mol. The molecule has 3 aromatic carbocycles. The van der Waals surface area contributed by atoms with Gasteiger partial charge in [-0.3, -0.25) is 4.57 Å². The van der Waals surface area contributed by atoms with Crippen LogP contribution in [0.2, 0.25) is 0 Å². The smallest absolute Gasteiger partial charge is 0.384 e. The molecule has 0 unspecified atom stereocenters. The van der Waals surface area contributed by atoms with Gasteiger partial charge in [-0.25, -0.2) is 18.1 Å². The van der Waals surface area contributed by atoms with Crippen molar-refractivity contribution in [2.24, 2.45) is 0 Å². The first-order valence-corrected chi connectivity index (χ1v) is 14.0. The van der Waals surface area contributed by atoms with Crippen LogP contribution in [0.25, 0.3) is 28.2 Å². The number of imidazole rings is 1. The summed E-state index contributed by atoms with van der Waals surface area (Å²) in [5.74, 6) is 0.0408. The van der Waals surface area contributed by atoms with E-state index in [9.17, 15) is 26.7 Å². The quantitative estimate of drug-likeness (QED) is 0.229. The predicted octanol–water partition coefficient (Wildman–Crippen LogP) is 6.53. The Kier molecular flexibility index (Phi) is 8.02. The fourth-order valence-corrected chi connectivity index (χ4v) is 5.23. The monoisotopic (exact) mass is 557 g/mol. The summed E-state index contributed by atoms with van der Waals surface area (Å²) in [5, 5.41) is 10.6. The van der Waals surface area contributed by atoms with Crippen molar-refractivity contribution in [2.75, 3.05) is 6.54 Å². The number of rotatable bonds is 9. The van der Waals surface area contributed by atoms with Crippen LogP contribution < -0.4 is 4.72 Å². The Labute approximate surface area is 226 Å². The van der Waals surface area contributed by atoms with Gasteiger partial charge in [-0.1, -0.05) is 55.8 Å². The first-order valence-electron chi connectivity index (χ1n) is 12.5. The van der Waals surface area contributed by atoms with Crippen molar-refractivity contribution in [3.05, 3.63) is 90.3 Å². The molecule has 0 fully saturated rings. The minimum atomic E-state index is -4.59. The van der Waals surface area contributed by atoms with Crippen molar-refractivity contribution >= 4 is 10.0 Å². The molecule has 206 valence electrons. The minimum absolute atomic E-state index is 0.0408. The van der Waals surface area contributed by atoms with Crippen LogP contribution in [0.15, 0.2) is 83.9 Å². The zero-order valence-electron chi connectivity index (χ0n) is 21.8. The normalized spacial score (nSPS) is 12.6. The first-order chi connectivity index (χ1) is 18.3. The molecule has 0 saturated carbocycles. The molecule has 0 aliphatic carbocycles. The molecule has 4 aromatic rings. The summed E-state index contributed by atoms with van der Waals surface area (Å²) < 4.78 is 70.9. The summed E-state index contributed by atoms with van der Waals surface area (Å²) >= 11 is 0. The number of halogens is 3. The molecule has 2 N–H and O–H groups in total. The van der Waals surface area contributed by atoms with Crippen molar-refractivity contribution in [1.82, 2.24) is 14.3 Å². The Hall–Kier alpha value is -3.47. The summed E-state index contributed by atoms with van der Waals surface area (Å²) in [5.41, 5.74) is -0.190. The molecule has 0 radical (unpaired) electrons. The fourth-order valence-electron chi connectivity index (χ4n) is 4.11. The van der Waals surface area contributed by atoms with E-state index < -0.39 is 27.4 Å². The Morgan fingerprint density at radius 2 is 1.64 bits per heavy atom. The van der Waals surface area contributed by atoms with Crippen molar-refractivity contribution < 1.29 is 26.7 Å². The molecule has 4 rings (SSSR count). The van der Waals surface area contributed by atoms with Gasteiger partial charge in [-0.2, -0.15) is 13.2 Å². The lowest BCUT2D eigenvalue weighted by Gasteiger charge is -2.14. The molecule has 1 heterocycles. The third-order valence-corrected chi connectivity index (χ3v) is 7.71. The molecule has 0 aliphatic heterocycles.